The third-order valence-corrected chi connectivity index (χ3v) is 7.20. The molecule has 1 aliphatic heterocycles. The van der Waals surface area contributed by atoms with Crippen LogP contribution in [0.2, 0.25) is 0 Å². The SMILES string of the molecule is CC(C)(CNC(=O)O)CNc1ccc(Nc2nc(NCc3ccc(OCC4(CCl)COC4)cc3)nc(OCC(F)(F)F)n2)cc1. The largest absolute Gasteiger partial charge is 0.493 e. The van der Waals surface area contributed by atoms with Crippen molar-refractivity contribution in [1.82, 2.24) is 20.3 Å². The average molecular weight is 654 g/mol. The van der Waals surface area contributed by atoms with Gasteiger partial charge in [-0.25, -0.2) is 4.79 Å². The molecule has 0 saturated carbocycles. The lowest BCUT2D eigenvalue weighted by Crippen LogP contribution is -2.48. The Labute approximate surface area is 263 Å². The van der Waals surface area contributed by atoms with Crippen molar-refractivity contribution in [3.8, 4) is 11.8 Å². The molecule has 12 nitrogen and oxygen atoms in total. The van der Waals surface area contributed by atoms with Crippen molar-refractivity contribution in [3.05, 3.63) is 54.1 Å². The number of anilines is 4. The molecule has 0 unspecified atom stereocenters. The molecular formula is C29H35ClF3N7O5. The lowest BCUT2D eigenvalue weighted by Gasteiger charge is -2.39. The number of carboxylic acid groups (broad SMARTS) is 1. The highest BCUT2D eigenvalue weighted by atomic mass is 35.5. The van der Waals surface area contributed by atoms with Crippen LogP contribution in [0.15, 0.2) is 48.5 Å². The first kappa shape index (κ1) is 33.6. The molecule has 45 heavy (non-hydrogen) atoms. The van der Waals surface area contributed by atoms with E-state index < -0.39 is 24.9 Å². The highest BCUT2D eigenvalue weighted by molar-refractivity contribution is 6.18. The number of rotatable bonds is 16. The van der Waals surface area contributed by atoms with Crippen LogP contribution in [-0.4, -0.2) is 77.7 Å². The minimum Gasteiger partial charge on any atom is -0.493 e. The molecule has 0 aliphatic carbocycles. The minimum atomic E-state index is -4.58. The van der Waals surface area contributed by atoms with Gasteiger partial charge in [0.25, 0.3) is 0 Å². The van der Waals surface area contributed by atoms with Crippen LogP contribution >= 0.6 is 11.6 Å². The third kappa shape index (κ3) is 11.0. The lowest BCUT2D eigenvalue weighted by molar-refractivity contribution is -0.154. The zero-order valence-corrected chi connectivity index (χ0v) is 25.5. The molecule has 1 fully saturated rings. The van der Waals surface area contributed by atoms with E-state index in [1.807, 2.05) is 38.1 Å². The number of alkyl halides is 4. The number of halogens is 4. The van der Waals surface area contributed by atoms with Gasteiger partial charge in [-0.2, -0.15) is 28.1 Å². The molecular weight excluding hydrogens is 619 g/mol. The third-order valence-electron chi connectivity index (χ3n) is 6.63. The van der Waals surface area contributed by atoms with E-state index in [1.54, 1.807) is 24.3 Å². The molecule has 1 aliphatic rings. The summed E-state index contributed by atoms with van der Waals surface area (Å²) in [7, 11) is 0. The van der Waals surface area contributed by atoms with E-state index in [9.17, 15) is 18.0 Å². The van der Waals surface area contributed by atoms with E-state index in [4.69, 9.17) is 30.9 Å². The summed E-state index contributed by atoms with van der Waals surface area (Å²) < 4.78 is 54.4. The van der Waals surface area contributed by atoms with Gasteiger partial charge in [-0.15, -0.1) is 11.6 Å². The Hall–Kier alpha value is -4.24. The van der Waals surface area contributed by atoms with Crippen LogP contribution in [0, 0.1) is 10.8 Å². The number of benzene rings is 2. The molecule has 2 aromatic carbocycles. The average Bonchev–Trinajstić information content (AvgIpc) is 2.98. The molecule has 16 heteroatoms. The van der Waals surface area contributed by atoms with Gasteiger partial charge in [-0.1, -0.05) is 26.0 Å². The number of hydrogen-bond acceptors (Lipinski definition) is 10. The number of aromatic nitrogens is 3. The van der Waals surface area contributed by atoms with Crippen LogP contribution < -0.4 is 30.7 Å². The van der Waals surface area contributed by atoms with Crippen molar-refractivity contribution in [2.24, 2.45) is 10.8 Å². The second kappa shape index (κ2) is 14.7. The van der Waals surface area contributed by atoms with Crippen LogP contribution in [-0.2, 0) is 11.3 Å². The zero-order valence-electron chi connectivity index (χ0n) is 24.7. The van der Waals surface area contributed by atoms with Gasteiger partial charge < -0.3 is 40.6 Å². The summed E-state index contributed by atoms with van der Waals surface area (Å²) in [6.07, 6.45) is -5.66. The van der Waals surface area contributed by atoms with E-state index in [1.165, 1.54) is 0 Å². The van der Waals surface area contributed by atoms with Gasteiger partial charge in [0.2, 0.25) is 11.9 Å². The normalized spacial score (nSPS) is 14.2. The fourth-order valence-corrected chi connectivity index (χ4v) is 4.16. The molecule has 1 amide bonds. The highest BCUT2D eigenvalue weighted by Crippen LogP contribution is 2.30. The maximum absolute atomic E-state index is 12.8. The van der Waals surface area contributed by atoms with Crippen molar-refractivity contribution in [3.63, 3.8) is 0 Å². The van der Waals surface area contributed by atoms with Crippen LogP contribution in [0.25, 0.3) is 0 Å². The Morgan fingerprint density at radius 2 is 1.62 bits per heavy atom. The van der Waals surface area contributed by atoms with Gasteiger partial charge in [0.15, 0.2) is 6.61 Å². The number of nitrogens with zero attached hydrogens (tertiary/aromatic N) is 3. The molecule has 0 bridgehead atoms. The molecule has 5 N–H and O–H groups in total. The Morgan fingerprint density at radius 1 is 0.956 bits per heavy atom. The lowest BCUT2D eigenvalue weighted by atomic mass is 9.90. The molecule has 244 valence electrons. The van der Waals surface area contributed by atoms with Gasteiger partial charge in [0, 0.05) is 36.9 Å². The summed E-state index contributed by atoms with van der Waals surface area (Å²) in [6, 6.07) is 13.8. The van der Waals surface area contributed by atoms with Gasteiger partial charge in [0.1, 0.15) is 5.75 Å². The first-order valence-corrected chi connectivity index (χ1v) is 14.5. The highest BCUT2D eigenvalue weighted by Gasteiger charge is 2.38. The van der Waals surface area contributed by atoms with Crippen molar-refractivity contribution in [2.75, 3.05) is 61.3 Å². The number of hydrogen-bond donors (Lipinski definition) is 5. The second-order valence-electron chi connectivity index (χ2n) is 11.5. The number of carbonyl (C=O) groups is 1. The summed E-state index contributed by atoms with van der Waals surface area (Å²) in [5.74, 6) is 1.10. The topological polar surface area (TPSA) is 152 Å². The summed E-state index contributed by atoms with van der Waals surface area (Å²) in [5, 5.41) is 20.4. The van der Waals surface area contributed by atoms with Crippen molar-refractivity contribution in [2.45, 2.75) is 26.6 Å². The minimum absolute atomic E-state index is 0.00882. The van der Waals surface area contributed by atoms with Crippen molar-refractivity contribution >= 4 is 41.0 Å². The van der Waals surface area contributed by atoms with Crippen molar-refractivity contribution < 1.29 is 37.3 Å². The van der Waals surface area contributed by atoms with Gasteiger partial charge in [-0.05, 0) is 47.4 Å². The smallest absolute Gasteiger partial charge is 0.422 e. The van der Waals surface area contributed by atoms with E-state index in [0.29, 0.717) is 43.7 Å². The Balaban J connectivity index is 1.37. The fraction of sp³-hybridized carbons (Fsp3) is 0.448. The van der Waals surface area contributed by atoms with Crippen LogP contribution in [0.4, 0.5) is 41.2 Å². The van der Waals surface area contributed by atoms with E-state index in [0.717, 1.165) is 11.3 Å². The second-order valence-corrected chi connectivity index (χ2v) is 11.7. The monoisotopic (exact) mass is 653 g/mol. The van der Waals surface area contributed by atoms with Gasteiger partial charge >= 0.3 is 18.3 Å². The summed E-state index contributed by atoms with van der Waals surface area (Å²) in [5.41, 5.74) is 1.68. The Morgan fingerprint density at radius 3 is 2.22 bits per heavy atom. The van der Waals surface area contributed by atoms with Crippen LogP contribution in [0.5, 0.6) is 11.8 Å². The van der Waals surface area contributed by atoms with Gasteiger partial charge in [0.05, 0.1) is 25.2 Å². The summed E-state index contributed by atoms with van der Waals surface area (Å²) in [4.78, 5) is 23.0. The van der Waals surface area contributed by atoms with Crippen LogP contribution in [0.3, 0.4) is 0 Å². The molecule has 0 spiro atoms. The predicted molar refractivity (Wildman–Crippen MR) is 163 cm³/mol. The molecule has 3 aromatic rings. The molecule has 1 aromatic heterocycles. The molecule has 1 saturated heterocycles. The first-order chi connectivity index (χ1) is 21.3. The fourth-order valence-electron chi connectivity index (χ4n) is 3.93. The summed E-state index contributed by atoms with van der Waals surface area (Å²) in [6.45, 7) is 4.89. The first-order valence-electron chi connectivity index (χ1n) is 13.9. The molecule has 2 heterocycles. The molecule has 0 atom stereocenters. The molecule has 4 rings (SSSR count). The quantitative estimate of drug-likeness (QED) is 0.125. The maximum atomic E-state index is 12.8. The van der Waals surface area contributed by atoms with Gasteiger partial charge in [-0.3, -0.25) is 0 Å². The molecule has 0 radical (unpaired) electrons. The Kier molecular flexibility index (Phi) is 11.0. The summed E-state index contributed by atoms with van der Waals surface area (Å²) >= 11 is 6.04. The number of amides is 1. The number of ether oxygens (including phenoxy) is 3. The van der Waals surface area contributed by atoms with E-state index in [-0.39, 0.29) is 35.8 Å². The van der Waals surface area contributed by atoms with Crippen LogP contribution in [0.1, 0.15) is 19.4 Å². The Bertz CT molecular complexity index is 1400. The van der Waals surface area contributed by atoms with E-state index >= 15 is 0 Å². The maximum Gasteiger partial charge on any atom is 0.422 e. The van der Waals surface area contributed by atoms with Crippen molar-refractivity contribution in [1.29, 1.82) is 0 Å². The predicted octanol–water partition coefficient (Wildman–Crippen LogP) is 5.51. The standard InChI is InChI=1S/C29H35ClF3N7O5/c1-27(2,14-36-26(41)42)13-35-20-5-7-21(8-6-20)37-24-38-23(39-25(40-24)45-18-29(31,32)33)34-11-19-3-9-22(10-4-19)44-17-28(12-30)15-43-16-28/h3-10,35-36H,11-18H2,1-2H3,(H,41,42)(H2,34,37,38,39,40). The number of nitrogens with one attached hydrogen (secondary N) is 4. The van der Waals surface area contributed by atoms with E-state index in [2.05, 4.69) is 36.2 Å². The zero-order chi connectivity index (χ0) is 32.5.